The molecule has 2 heterocycles. The van der Waals surface area contributed by atoms with E-state index in [-0.39, 0.29) is 17.6 Å². The van der Waals surface area contributed by atoms with Gasteiger partial charge in [-0.15, -0.1) is 0 Å². The molecule has 0 bridgehead atoms. The number of epoxide rings is 2. The highest BCUT2D eigenvalue weighted by atomic mass is 16.6. The van der Waals surface area contributed by atoms with Crippen molar-refractivity contribution < 1.29 is 28.4 Å². The Labute approximate surface area is 267 Å². The van der Waals surface area contributed by atoms with E-state index in [0.29, 0.717) is 33.0 Å². The van der Waals surface area contributed by atoms with Crippen molar-refractivity contribution in [1.29, 1.82) is 0 Å². The third-order valence-electron chi connectivity index (χ3n) is 9.00. The Hall–Kier alpha value is -3.84. The van der Waals surface area contributed by atoms with E-state index >= 15 is 0 Å². The first-order valence-corrected chi connectivity index (χ1v) is 16.0. The minimum absolute atomic E-state index is 0.183. The van der Waals surface area contributed by atoms with Crippen LogP contribution >= 0.6 is 0 Å². The smallest absolute Gasteiger partial charge is 0.119 e. The average molecular weight is 609 g/mol. The summed E-state index contributed by atoms with van der Waals surface area (Å²) in [5, 5.41) is 0. The Morgan fingerprint density at radius 1 is 0.533 bits per heavy atom. The molecule has 2 aliphatic rings. The molecule has 236 valence electrons. The van der Waals surface area contributed by atoms with Gasteiger partial charge >= 0.3 is 0 Å². The Balaban J connectivity index is 1.25. The molecule has 0 amide bonds. The van der Waals surface area contributed by atoms with Gasteiger partial charge in [-0.05, 0) is 78.1 Å². The predicted octanol–water partition coefficient (Wildman–Crippen LogP) is 7.34. The Kier molecular flexibility index (Phi) is 9.45. The van der Waals surface area contributed by atoms with E-state index in [1.807, 2.05) is 6.92 Å². The van der Waals surface area contributed by atoms with Gasteiger partial charge in [0.1, 0.15) is 49.3 Å². The van der Waals surface area contributed by atoms with Crippen molar-refractivity contribution in [3.63, 3.8) is 0 Å². The molecule has 3 atom stereocenters. The molecule has 2 aliphatic heterocycles. The number of rotatable bonds is 16. The Morgan fingerprint density at radius 2 is 0.889 bits per heavy atom. The van der Waals surface area contributed by atoms with Crippen molar-refractivity contribution in [1.82, 2.24) is 0 Å². The summed E-state index contributed by atoms with van der Waals surface area (Å²) in [6.45, 7) is 13.4. The molecule has 6 rings (SSSR count). The van der Waals surface area contributed by atoms with Crippen LogP contribution in [-0.2, 0) is 25.0 Å². The number of hydrogen-bond acceptors (Lipinski definition) is 6. The third-order valence-corrected chi connectivity index (χ3v) is 9.00. The van der Waals surface area contributed by atoms with Crippen LogP contribution in [0.2, 0.25) is 0 Å². The predicted molar refractivity (Wildman–Crippen MR) is 176 cm³/mol. The lowest BCUT2D eigenvalue weighted by atomic mass is 9.70. The highest BCUT2D eigenvalue weighted by Gasteiger charge is 2.33. The molecule has 0 N–H and O–H groups in total. The summed E-state index contributed by atoms with van der Waals surface area (Å²) in [4.78, 5) is 0. The lowest BCUT2D eigenvalue weighted by molar-refractivity contribution is 0.110. The van der Waals surface area contributed by atoms with Crippen molar-refractivity contribution in [2.24, 2.45) is 0 Å². The van der Waals surface area contributed by atoms with E-state index < -0.39 is 5.41 Å². The van der Waals surface area contributed by atoms with Crippen LogP contribution in [-0.4, -0.2) is 58.5 Å². The van der Waals surface area contributed by atoms with Gasteiger partial charge in [0, 0.05) is 17.4 Å². The van der Waals surface area contributed by atoms with Crippen LogP contribution in [0.1, 0.15) is 55.5 Å². The zero-order valence-corrected chi connectivity index (χ0v) is 26.8. The quantitative estimate of drug-likeness (QED) is 0.0754. The molecule has 2 saturated heterocycles. The fraction of sp³-hybridized carbons (Fsp3) is 0.385. The molecule has 6 heteroatoms. The second-order valence-electron chi connectivity index (χ2n) is 12.5. The van der Waals surface area contributed by atoms with Crippen LogP contribution < -0.4 is 14.2 Å². The summed E-state index contributed by atoms with van der Waals surface area (Å²) in [6.07, 6.45) is 0.469. The van der Waals surface area contributed by atoms with E-state index in [4.69, 9.17) is 28.4 Å². The zero-order chi connectivity index (χ0) is 31.3. The fourth-order valence-electron chi connectivity index (χ4n) is 5.69. The summed E-state index contributed by atoms with van der Waals surface area (Å²) < 4.78 is 33.7. The molecule has 2 fully saturated rings. The molecule has 3 unspecified atom stereocenters. The largest absolute Gasteiger partial charge is 0.491 e. The number of hydrogen-bond donors (Lipinski definition) is 0. The van der Waals surface area contributed by atoms with Crippen molar-refractivity contribution >= 4 is 0 Å². The minimum Gasteiger partial charge on any atom is -0.491 e. The molecule has 6 nitrogen and oxygen atoms in total. The fourth-order valence-corrected chi connectivity index (χ4v) is 5.69. The molecular formula is C39H44O6. The maximum atomic E-state index is 5.94. The van der Waals surface area contributed by atoms with Gasteiger partial charge in [-0.1, -0.05) is 74.5 Å². The minimum atomic E-state index is -0.408. The Bertz CT molecular complexity index is 1500. The van der Waals surface area contributed by atoms with Crippen LogP contribution in [0.15, 0.2) is 97.1 Å². The van der Waals surface area contributed by atoms with Crippen molar-refractivity contribution in [3.05, 3.63) is 125 Å². The topological polar surface area (TPSA) is 62.0 Å². The van der Waals surface area contributed by atoms with Gasteiger partial charge in [-0.2, -0.15) is 0 Å². The van der Waals surface area contributed by atoms with Crippen LogP contribution in [0.25, 0.3) is 0 Å². The average Bonchev–Trinajstić information content (AvgIpc) is 4.02. The van der Waals surface area contributed by atoms with Gasteiger partial charge in [0.2, 0.25) is 0 Å². The van der Waals surface area contributed by atoms with Gasteiger partial charge in [0.25, 0.3) is 0 Å². The van der Waals surface area contributed by atoms with Crippen molar-refractivity contribution in [3.8, 4) is 17.2 Å². The van der Waals surface area contributed by atoms with Crippen molar-refractivity contribution in [2.45, 2.75) is 50.7 Å². The van der Waals surface area contributed by atoms with E-state index in [1.54, 1.807) is 0 Å². The molecule has 0 radical (unpaired) electrons. The molecular weight excluding hydrogens is 564 g/mol. The van der Waals surface area contributed by atoms with Gasteiger partial charge in [-0.3, -0.25) is 0 Å². The summed E-state index contributed by atoms with van der Waals surface area (Å²) in [6, 6.07) is 34.4. The van der Waals surface area contributed by atoms with Crippen LogP contribution in [0.5, 0.6) is 17.2 Å². The molecule has 0 aromatic heterocycles. The van der Waals surface area contributed by atoms with Gasteiger partial charge in [-0.25, -0.2) is 0 Å². The van der Waals surface area contributed by atoms with E-state index in [2.05, 4.69) is 118 Å². The number of ether oxygens (including phenoxy) is 6. The number of benzene rings is 4. The zero-order valence-electron chi connectivity index (χ0n) is 26.8. The van der Waals surface area contributed by atoms with Gasteiger partial charge in [0.15, 0.2) is 0 Å². The SMILES string of the molecule is CCOCCOc1ccc(C(C)(c2ccc(OCC3CO3)cc2)c2ccc(C(C)(C)c3ccc(OCC4CO4)cc3)cc2)cc1. The lowest BCUT2D eigenvalue weighted by Crippen LogP contribution is -2.26. The summed E-state index contributed by atoms with van der Waals surface area (Å²) in [7, 11) is 0. The van der Waals surface area contributed by atoms with E-state index in [9.17, 15) is 0 Å². The van der Waals surface area contributed by atoms with E-state index in [1.165, 1.54) is 27.8 Å². The first-order valence-electron chi connectivity index (χ1n) is 16.0. The Morgan fingerprint density at radius 3 is 1.29 bits per heavy atom. The van der Waals surface area contributed by atoms with Crippen LogP contribution in [0.3, 0.4) is 0 Å². The highest BCUT2D eigenvalue weighted by molar-refractivity contribution is 5.52. The van der Waals surface area contributed by atoms with E-state index in [0.717, 1.165) is 30.5 Å². The first kappa shape index (κ1) is 31.2. The monoisotopic (exact) mass is 608 g/mol. The van der Waals surface area contributed by atoms with Gasteiger partial charge in [0.05, 0.1) is 19.8 Å². The third kappa shape index (κ3) is 7.52. The van der Waals surface area contributed by atoms with Crippen LogP contribution in [0, 0.1) is 0 Å². The molecule has 0 spiro atoms. The molecule has 4 aromatic rings. The normalized spacial score (nSPS) is 18.6. The maximum absolute atomic E-state index is 5.94. The summed E-state index contributed by atoms with van der Waals surface area (Å²) in [5.41, 5.74) is 5.46. The lowest BCUT2D eigenvalue weighted by Gasteiger charge is -2.33. The maximum Gasteiger partial charge on any atom is 0.119 e. The second kappa shape index (κ2) is 13.7. The molecule has 0 saturated carbocycles. The van der Waals surface area contributed by atoms with Crippen molar-refractivity contribution in [2.75, 3.05) is 46.2 Å². The summed E-state index contributed by atoms with van der Waals surface area (Å²) in [5.74, 6) is 2.56. The first-order chi connectivity index (χ1) is 21.9. The molecule has 4 aromatic carbocycles. The van der Waals surface area contributed by atoms with Gasteiger partial charge < -0.3 is 28.4 Å². The second-order valence-corrected chi connectivity index (χ2v) is 12.5. The van der Waals surface area contributed by atoms with Crippen LogP contribution in [0.4, 0.5) is 0 Å². The molecule has 0 aliphatic carbocycles. The molecule has 45 heavy (non-hydrogen) atoms. The highest BCUT2D eigenvalue weighted by Crippen LogP contribution is 2.41. The summed E-state index contributed by atoms with van der Waals surface area (Å²) >= 11 is 0. The standard InChI is InChI=1S/C39H44O6/c1-5-40-22-23-41-33-18-12-31(13-19-33)39(4,32-14-20-35(21-15-32)43-25-37-27-45-37)30-8-6-28(7-9-30)38(2,3)29-10-16-34(17-11-29)42-24-36-26-44-36/h6-21,36-37H,5,22-27H2,1-4H3.